The van der Waals surface area contributed by atoms with Gasteiger partial charge in [-0.25, -0.2) is 0 Å². The molecule has 276 valence electrons. The van der Waals surface area contributed by atoms with Crippen LogP contribution in [0.1, 0.15) is 0 Å². The van der Waals surface area contributed by atoms with E-state index in [2.05, 4.69) is 241 Å². The Morgan fingerprint density at radius 2 is 0.729 bits per heavy atom. The minimum Gasteiger partial charge on any atom is -0.310 e. The Labute approximate surface area is 344 Å². The summed E-state index contributed by atoms with van der Waals surface area (Å²) >= 11 is 0. The average molecular weight is 750 g/mol. The van der Waals surface area contributed by atoms with Crippen LogP contribution in [0.4, 0.5) is 17.1 Å². The molecule has 0 unspecified atom stereocenters. The molecular formula is C58H39N. The first kappa shape index (κ1) is 34.5. The van der Waals surface area contributed by atoms with Crippen LogP contribution >= 0.6 is 0 Å². The topological polar surface area (TPSA) is 3.24 Å². The normalized spacial score (nSPS) is 11.4. The molecule has 0 spiro atoms. The molecule has 11 aromatic rings. The highest BCUT2D eigenvalue weighted by atomic mass is 15.1. The lowest BCUT2D eigenvalue weighted by Crippen LogP contribution is -2.11. The molecule has 0 amide bonds. The fourth-order valence-electron chi connectivity index (χ4n) is 8.99. The summed E-state index contributed by atoms with van der Waals surface area (Å²) in [6, 6.07) is 86.3. The zero-order valence-corrected chi connectivity index (χ0v) is 32.5. The van der Waals surface area contributed by atoms with Gasteiger partial charge in [0.05, 0.1) is 5.69 Å². The van der Waals surface area contributed by atoms with Crippen molar-refractivity contribution in [3.05, 3.63) is 237 Å². The summed E-state index contributed by atoms with van der Waals surface area (Å²) in [5.74, 6) is 0. The molecule has 0 N–H and O–H groups in total. The fourth-order valence-corrected chi connectivity index (χ4v) is 8.99. The fraction of sp³-hybridized carbons (Fsp3) is 0. The Bertz CT molecular complexity index is 3310. The monoisotopic (exact) mass is 749 g/mol. The number of benzene rings is 11. The average Bonchev–Trinajstić information content (AvgIpc) is 3.32. The van der Waals surface area contributed by atoms with Crippen molar-refractivity contribution in [2.24, 2.45) is 0 Å². The first-order valence-electron chi connectivity index (χ1n) is 20.3. The summed E-state index contributed by atoms with van der Waals surface area (Å²) in [5.41, 5.74) is 12.8. The van der Waals surface area contributed by atoms with Crippen LogP contribution < -0.4 is 4.90 Å². The predicted molar refractivity (Wildman–Crippen MR) is 253 cm³/mol. The zero-order valence-electron chi connectivity index (χ0n) is 32.5. The minimum atomic E-state index is 1.09. The van der Waals surface area contributed by atoms with E-state index in [0.717, 1.165) is 17.1 Å². The summed E-state index contributed by atoms with van der Waals surface area (Å²) in [7, 11) is 0. The van der Waals surface area contributed by atoms with Gasteiger partial charge in [0.2, 0.25) is 0 Å². The Balaban J connectivity index is 1.10. The van der Waals surface area contributed by atoms with Crippen LogP contribution in [-0.4, -0.2) is 0 Å². The standard InChI is InChI=1S/C58H39N/c1-3-14-41(15-4-1)53-23-11-12-25-58(53)59(47-32-28-44(29-33-47)50-24-13-20-40-18-7-9-21-49(40)50)48-34-37-52(57(39-48)42-16-5-2-6-17-42)46-27-26-45-31-35-54-51-22-10-8-19-43(51)30-36-55(54)56(45)38-46/h1-39H. The van der Waals surface area contributed by atoms with E-state index in [1.54, 1.807) is 0 Å². The van der Waals surface area contributed by atoms with Gasteiger partial charge in [-0.3, -0.25) is 0 Å². The van der Waals surface area contributed by atoms with Gasteiger partial charge in [0.1, 0.15) is 0 Å². The maximum Gasteiger partial charge on any atom is 0.0540 e. The number of fused-ring (bicyclic) bond motifs is 6. The second-order valence-corrected chi connectivity index (χ2v) is 15.3. The molecule has 0 aliphatic heterocycles. The lowest BCUT2D eigenvalue weighted by atomic mass is 9.90. The highest BCUT2D eigenvalue weighted by Gasteiger charge is 2.20. The van der Waals surface area contributed by atoms with Crippen LogP contribution in [0.2, 0.25) is 0 Å². The van der Waals surface area contributed by atoms with Crippen LogP contribution in [0.15, 0.2) is 237 Å². The first-order valence-corrected chi connectivity index (χ1v) is 20.3. The van der Waals surface area contributed by atoms with E-state index >= 15 is 0 Å². The van der Waals surface area contributed by atoms with Crippen molar-refractivity contribution < 1.29 is 0 Å². The molecule has 0 saturated heterocycles. The lowest BCUT2D eigenvalue weighted by Gasteiger charge is -2.29. The first-order chi connectivity index (χ1) is 29.3. The van der Waals surface area contributed by atoms with Gasteiger partial charge in [-0.15, -0.1) is 0 Å². The van der Waals surface area contributed by atoms with Gasteiger partial charge in [0.25, 0.3) is 0 Å². The van der Waals surface area contributed by atoms with Crippen molar-refractivity contribution in [3.63, 3.8) is 0 Å². The summed E-state index contributed by atoms with van der Waals surface area (Å²) in [5, 5.41) is 10.1. The van der Waals surface area contributed by atoms with Gasteiger partial charge >= 0.3 is 0 Å². The van der Waals surface area contributed by atoms with Gasteiger partial charge in [0, 0.05) is 16.9 Å². The Hall–Kier alpha value is -7.74. The molecule has 0 bridgehead atoms. The van der Waals surface area contributed by atoms with Crippen LogP contribution in [0, 0.1) is 0 Å². The molecule has 0 aliphatic rings. The molecule has 11 aromatic carbocycles. The maximum absolute atomic E-state index is 2.42. The van der Waals surface area contributed by atoms with Crippen molar-refractivity contribution in [2.75, 3.05) is 4.90 Å². The van der Waals surface area contributed by atoms with E-state index in [0.29, 0.717) is 0 Å². The van der Waals surface area contributed by atoms with Gasteiger partial charge in [0.15, 0.2) is 0 Å². The largest absolute Gasteiger partial charge is 0.310 e. The van der Waals surface area contributed by atoms with Crippen molar-refractivity contribution in [2.45, 2.75) is 0 Å². The lowest BCUT2D eigenvalue weighted by molar-refractivity contribution is 1.28. The molecule has 0 fully saturated rings. The summed E-state index contributed by atoms with van der Waals surface area (Å²) in [4.78, 5) is 2.42. The third-order valence-corrected chi connectivity index (χ3v) is 11.9. The molecule has 0 atom stereocenters. The van der Waals surface area contributed by atoms with Crippen molar-refractivity contribution in [3.8, 4) is 44.5 Å². The third kappa shape index (κ3) is 6.21. The second kappa shape index (κ2) is 14.6. The Morgan fingerprint density at radius 1 is 0.220 bits per heavy atom. The summed E-state index contributed by atoms with van der Waals surface area (Å²) < 4.78 is 0. The van der Waals surface area contributed by atoms with E-state index in [1.807, 2.05) is 0 Å². The maximum atomic E-state index is 2.42. The van der Waals surface area contributed by atoms with Gasteiger partial charge in [-0.1, -0.05) is 200 Å². The predicted octanol–water partition coefficient (Wildman–Crippen LogP) is 16.4. The number of anilines is 3. The van der Waals surface area contributed by atoms with Crippen LogP contribution in [0.25, 0.3) is 87.6 Å². The number of hydrogen-bond donors (Lipinski definition) is 0. The van der Waals surface area contributed by atoms with E-state index < -0.39 is 0 Å². The quantitative estimate of drug-likeness (QED) is 0.147. The van der Waals surface area contributed by atoms with Crippen molar-refractivity contribution in [1.29, 1.82) is 0 Å². The molecule has 0 heterocycles. The zero-order chi connectivity index (χ0) is 39.1. The minimum absolute atomic E-state index is 1.09. The van der Waals surface area contributed by atoms with Crippen molar-refractivity contribution >= 4 is 60.2 Å². The van der Waals surface area contributed by atoms with E-state index in [-0.39, 0.29) is 0 Å². The highest BCUT2D eigenvalue weighted by molar-refractivity contribution is 6.18. The van der Waals surface area contributed by atoms with Crippen LogP contribution in [0.5, 0.6) is 0 Å². The number of hydrogen-bond acceptors (Lipinski definition) is 1. The van der Waals surface area contributed by atoms with Gasteiger partial charge < -0.3 is 4.90 Å². The molecule has 0 aliphatic carbocycles. The molecule has 1 nitrogen and oxygen atoms in total. The van der Waals surface area contributed by atoms with Crippen LogP contribution in [0.3, 0.4) is 0 Å². The van der Waals surface area contributed by atoms with Crippen molar-refractivity contribution in [1.82, 2.24) is 0 Å². The van der Waals surface area contributed by atoms with E-state index in [9.17, 15) is 0 Å². The number of nitrogens with zero attached hydrogens (tertiary/aromatic N) is 1. The van der Waals surface area contributed by atoms with E-state index in [4.69, 9.17) is 0 Å². The highest BCUT2D eigenvalue weighted by Crippen LogP contribution is 2.45. The van der Waals surface area contributed by atoms with Gasteiger partial charge in [-0.2, -0.15) is 0 Å². The van der Waals surface area contributed by atoms with E-state index in [1.165, 1.54) is 87.6 Å². The molecule has 0 saturated carbocycles. The Kier molecular flexibility index (Phi) is 8.56. The summed E-state index contributed by atoms with van der Waals surface area (Å²) in [6.07, 6.45) is 0. The smallest absolute Gasteiger partial charge is 0.0540 e. The third-order valence-electron chi connectivity index (χ3n) is 11.9. The molecule has 1 heteroatoms. The number of para-hydroxylation sites is 1. The summed E-state index contributed by atoms with van der Waals surface area (Å²) in [6.45, 7) is 0. The molecule has 11 rings (SSSR count). The number of rotatable bonds is 7. The van der Waals surface area contributed by atoms with Crippen LogP contribution in [-0.2, 0) is 0 Å². The SMILES string of the molecule is c1ccc(-c2cc(N(c3ccc(-c4cccc5ccccc45)cc3)c3ccccc3-c3ccccc3)ccc2-c2ccc3ccc4c5ccccc5ccc4c3c2)cc1. The molecule has 0 aromatic heterocycles. The van der Waals surface area contributed by atoms with Gasteiger partial charge in [-0.05, 0) is 118 Å². The second-order valence-electron chi connectivity index (χ2n) is 15.3. The Morgan fingerprint density at radius 3 is 1.49 bits per heavy atom. The molecular weight excluding hydrogens is 711 g/mol. The molecule has 0 radical (unpaired) electrons. The molecule has 59 heavy (non-hydrogen) atoms.